The first-order valence-corrected chi connectivity index (χ1v) is 18.5. The lowest BCUT2D eigenvalue weighted by atomic mass is 10.0. The fourth-order valence-corrected chi connectivity index (χ4v) is 9.74. The average molecular weight is 681 g/mol. The molecule has 0 spiro atoms. The van der Waals surface area contributed by atoms with Gasteiger partial charge in [-0.05, 0) is 90.0 Å². The summed E-state index contributed by atoms with van der Waals surface area (Å²) in [6, 6.07) is 61.7. The van der Waals surface area contributed by atoms with Gasteiger partial charge in [0.1, 0.15) is 11.2 Å². The molecular weight excluding hydrogens is 653 g/mol. The lowest BCUT2D eigenvalue weighted by molar-refractivity contribution is 0.673. The highest BCUT2D eigenvalue weighted by Gasteiger charge is 2.23. The van der Waals surface area contributed by atoms with Crippen LogP contribution in [0.5, 0.6) is 0 Å². The molecule has 4 aromatic heterocycles. The molecule has 0 amide bonds. The maximum atomic E-state index is 6.67. The van der Waals surface area contributed by atoms with E-state index in [4.69, 9.17) is 4.42 Å². The molecule has 0 aliphatic carbocycles. The molecule has 8 aromatic carbocycles. The highest BCUT2D eigenvalue weighted by molar-refractivity contribution is 7.25. The summed E-state index contributed by atoms with van der Waals surface area (Å²) < 4.78 is 14.2. The zero-order valence-corrected chi connectivity index (χ0v) is 28.7. The highest BCUT2D eigenvalue weighted by Crippen LogP contribution is 2.45. The van der Waals surface area contributed by atoms with Gasteiger partial charge in [-0.1, -0.05) is 91.0 Å². The van der Waals surface area contributed by atoms with Crippen LogP contribution in [0.1, 0.15) is 0 Å². The number of fused-ring (bicyclic) bond motifs is 14. The van der Waals surface area contributed by atoms with E-state index in [0.29, 0.717) is 0 Å². The average Bonchev–Trinajstić information content (AvgIpc) is 3.95. The number of rotatable bonds is 3. The molecule has 0 unspecified atom stereocenters. The van der Waals surface area contributed by atoms with Crippen molar-refractivity contribution in [1.82, 2.24) is 9.13 Å². The minimum Gasteiger partial charge on any atom is -0.455 e. The van der Waals surface area contributed by atoms with Gasteiger partial charge in [0.25, 0.3) is 0 Å². The lowest BCUT2D eigenvalue weighted by Gasteiger charge is -2.11. The summed E-state index contributed by atoms with van der Waals surface area (Å²) in [4.78, 5) is 0. The van der Waals surface area contributed by atoms with Crippen LogP contribution in [0.3, 0.4) is 0 Å². The molecular formula is C48H28N2OS. The second-order valence-electron chi connectivity index (χ2n) is 13.7. The Bertz CT molecular complexity index is 3390. The van der Waals surface area contributed by atoms with Gasteiger partial charge in [0, 0.05) is 58.5 Å². The van der Waals surface area contributed by atoms with Crippen molar-refractivity contribution >= 4 is 97.1 Å². The SMILES string of the molecule is c1ccc(-n2c3ccc4c5ccccc5oc4c3c3ccc4c(c5ccccc5n4-c4ccc(-c5ccc6sc7ccccc7c6c5)cc4)c32)cc1. The quantitative estimate of drug-likeness (QED) is 0.182. The molecule has 3 nitrogen and oxygen atoms in total. The van der Waals surface area contributed by atoms with Crippen molar-refractivity contribution in [2.45, 2.75) is 0 Å². The Hall–Kier alpha value is -6.62. The molecule has 4 heterocycles. The standard InChI is InChI=1S/C48H28N2OS/c1-2-10-31(11-3-1)50-41-25-23-35-33-12-5-8-16-42(33)51-48(35)46(41)37-24-26-40-45(47(37)50)36-14-4-7-15-39(36)49(40)32-21-18-29(19-22-32)30-20-27-44-38(28-30)34-13-6-9-17-43(34)52-44/h1-28H. The van der Waals surface area contributed by atoms with Crippen molar-refractivity contribution in [3.8, 4) is 22.5 Å². The zero-order chi connectivity index (χ0) is 33.9. The molecule has 0 aliphatic rings. The monoisotopic (exact) mass is 680 g/mol. The first-order chi connectivity index (χ1) is 25.8. The minimum absolute atomic E-state index is 0.912. The second-order valence-corrected chi connectivity index (χ2v) is 14.8. The Morgan fingerprint density at radius 3 is 1.90 bits per heavy atom. The predicted octanol–water partition coefficient (Wildman–Crippen LogP) is 13.8. The van der Waals surface area contributed by atoms with E-state index in [9.17, 15) is 0 Å². The van der Waals surface area contributed by atoms with Gasteiger partial charge in [0.15, 0.2) is 0 Å². The largest absolute Gasteiger partial charge is 0.455 e. The minimum atomic E-state index is 0.912. The Kier molecular flexibility index (Phi) is 5.65. The topological polar surface area (TPSA) is 23.0 Å². The highest BCUT2D eigenvalue weighted by atomic mass is 32.1. The summed E-state index contributed by atoms with van der Waals surface area (Å²) in [6.45, 7) is 0. The smallest absolute Gasteiger partial charge is 0.145 e. The number of aromatic nitrogens is 2. The van der Waals surface area contributed by atoms with Crippen molar-refractivity contribution in [3.05, 3.63) is 170 Å². The van der Waals surface area contributed by atoms with Crippen molar-refractivity contribution in [1.29, 1.82) is 0 Å². The molecule has 242 valence electrons. The molecule has 0 atom stereocenters. The van der Waals surface area contributed by atoms with Crippen LogP contribution in [0.4, 0.5) is 0 Å². The third-order valence-corrected chi connectivity index (χ3v) is 12.1. The first-order valence-electron chi connectivity index (χ1n) is 17.7. The van der Waals surface area contributed by atoms with E-state index >= 15 is 0 Å². The molecule has 0 fully saturated rings. The maximum absolute atomic E-state index is 6.67. The van der Waals surface area contributed by atoms with Gasteiger partial charge in [-0.2, -0.15) is 0 Å². The summed E-state index contributed by atoms with van der Waals surface area (Å²) in [7, 11) is 0. The van der Waals surface area contributed by atoms with Crippen LogP contribution >= 0.6 is 11.3 Å². The molecule has 12 rings (SSSR count). The molecule has 0 saturated carbocycles. The normalized spacial score (nSPS) is 12.2. The van der Waals surface area contributed by atoms with E-state index in [1.54, 1.807) is 0 Å². The number of nitrogens with zero attached hydrogens (tertiary/aromatic N) is 2. The van der Waals surface area contributed by atoms with Crippen LogP contribution in [-0.2, 0) is 0 Å². The van der Waals surface area contributed by atoms with Gasteiger partial charge < -0.3 is 13.6 Å². The van der Waals surface area contributed by atoms with Gasteiger partial charge >= 0.3 is 0 Å². The fourth-order valence-electron chi connectivity index (χ4n) is 8.65. The summed E-state index contributed by atoms with van der Waals surface area (Å²) >= 11 is 1.86. The molecule has 12 aromatic rings. The van der Waals surface area contributed by atoms with Crippen molar-refractivity contribution in [3.63, 3.8) is 0 Å². The lowest BCUT2D eigenvalue weighted by Crippen LogP contribution is -1.95. The predicted molar refractivity (Wildman–Crippen MR) is 221 cm³/mol. The Morgan fingerprint density at radius 1 is 0.385 bits per heavy atom. The van der Waals surface area contributed by atoms with Crippen LogP contribution in [0.25, 0.3) is 108 Å². The molecule has 52 heavy (non-hydrogen) atoms. The summed E-state index contributed by atoms with van der Waals surface area (Å²) in [5.41, 5.74) is 11.2. The van der Waals surface area contributed by atoms with Crippen LogP contribution in [-0.4, -0.2) is 9.13 Å². The Balaban J connectivity index is 1.12. The van der Waals surface area contributed by atoms with E-state index in [-0.39, 0.29) is 0 Å². The number of hydrogen-bond donors (Lipinski definition) is 0. The molecule has 0 bridgehead atoms. The third-order valence-electron chi connectivity index (χ3n) is 10.9. The summed E-state index contributed by atoms with van der Waals surface area (Å²) in [5, 5.41) is 9.72. The molecule has 0 saturated heterocycles. The summed E-state index contributed by atoms with van der Waals surface area (Å²) in [6.07, 6.45) is 0. The number of para-hydroxylation sites is 3. The number of thiophene rings is 1. The van der Waals surface area contributed by atoms with Crippen molar-refractivity contribution < 1.29 is 4.42 Å². The van der Waals surface area contributed by atoms with E-state index in [1.165, 1.54) is 64.0 Å². The first kappa shape index (κ1) is 28.1. The molecule has 4 heteroatoms. The van der Waals surface area contributed by atoms with Gasteiger partial charge in [0.2, 0.25) is 0 Å². The van der Waals surface area contributed by atoms with Gasteiger partial charge in [0.05, 0.1) is 27.5 Å². The zero-order valence-electron chi connectivity index (χ0n) is 27.9. The van der Waals surface area contributed by atoms with Crippen LogP contribution < -0.4 is 0 Å². The van der Waals surface area contributed by atoms with E-state index in [0.717, 1.165) is 44.2 Å². The van der Waals surface area contributed by atoms with Crippen molar-refractivity contribution in [2.75, 3.05) is 0 Å². The van der Waals surface area contributed by atoms with E-state index in [2.05, 4.69) is 173 Å². The third kappa shape index (κ3) is 3.79. The van der Waals surface area contributed by atoms with Crippen LogP contribution in [0.2, 0.25) is 0 Å². The fraction of sp³-hybridized carbons (Fsp3) is 0. The molecule has 0 radical (unpaired) electrons. The molecule has 0 aliphatic heterocycles. The van der Waals surface area contributed by atoms with Gasteiger partial charge in [-0.25, -0.2) is 0 Å². The number of benzene rings is 8. The van der Waals surface area contributed by atoms with Gasteiger partial charge in [-0.3, -0.25) is 0 Å². The molecule has 0 N–H and O–H groups in total. The maximum Gasteiger partial charge on any atom is 0.145 e. The van der Waals surface area contributed by atoms with Crippen molar-refractivity contribution in [2.24, 2.45) is 0 Å². The second kappa shape index (κ2) is 10.5. The Labute approximate surface area is 301 Å². The van der Waals surface area contributed by atoms with Crippen LogP contribution in [0, 0.1) is 0 Å². The Morgan fingerprint density at radius 2 is 1.04 bits per heavy atom. The number of hydrogen-bond acceptors (Lipinski definition) is 2. The van der Waals surface area contributed by atoms with Crippen LogP contribution in [0.15, 0.2) is 174 Å². The number of furan rings is 1. The van der Waals surface area contributed by atoms with Gasteiger partial charge in [-0.15, -0.1) is 11.3 Å². The van der Waals surface area contributed by atoms with E-state index < -0.39 is 0 Å². The summed E-state index contributed by atoms with van der Waals surface area (Å²) in [5.74, 6) is 0. The van der Waals surface area contributed by atoms with E-state index in [1.807, 2.05) is 17.4 Å².